The molecule has 2 amide bonds. The van der Waals surface area contributed by atoms with Crippen LogP contribution in [0, 0.1) is 6.92 Å². The van der Waals surface area contributed by atoms with Crippen LogP contribution in [0.4, 0.5) is 0 Å². The Bertz CT molecular complexity index is 1060. The van der Waals surface area contributed by atoms with Gasteiger partial charge in [-0.25, -0.2) is 4.68 Å². The molecule has 2 aromatic carbocycles. The van der Waals surface area contributed by atoms with Gasteiger partial charge in [-0.2, -0.15) is 5.10 Å². The third-order valence-corrected chi connectivity index (χ3v) is 4.22. The Hall–Kier alpha value is -3.74. The summed E-state index contributed by atoms with van der Waals surface area (Å²) in [5.74, 6) is -0.731. The van der Waals surface area contributed by atoms with Gasteiger partial charge in [-0.3, -0.25) is 14.4 Å². The fourth-order valence-electron chi connectivity index (χ4n) is 2.72. The van der Waals surface area contributed by atoms with Gasteiger partial charge in [-0.1, -0.05) is 30.3 Å². The molecule has 1 heterocycles. The van der Waals surface area contributed by atoms with Gasteiger partial charge in [0.05, 0.1) is 5.69 Å². The molecule has 1 aromatic heterocycles. The summed E-state index contributed by atoms with van der Waals surface area (Å²) in [7, 11) is 1.56. The Kier molecular flexibility index (Phi) is 5.64. The van der Waals surface area contributed by atoms with Gasteiger partial charge in [0.2, 0.25) is 5.43 Å². The first-order valence-corrected chi connectivity index (χ1v) is 8.75. The molecule has 28 heavy (non-hydrogen) atoms. The van der Waals surface area contributed by atoms with Crippen LogP contribution in [0.1, 0.15) is 32.1 Å². The molecule has 3 aromatic rings. The normalized spacial score (nSPS) is 10.4. The van der Waals surface area contributed by atoms with E-state index in [-0.39, 0.29) is 18.1 Å². The molecule has 0 saturated heterocycles. The second-order valence-electron chi connectivity index (χ2n) is 6.20. The van der Waals surface area contributed by atoms with Crippen molar-refractivity contribution >= 4 is 11.8 Å². The molecule has 0 aliphatic heterocycles. The van der Waals surface area contributed by atoms with E-state index >= 15 is 0 Å². The van der Waals surface area contributed by atoms with Crippen LogP contribution < -0.4 is 16.1 Å². The molecule has 3 rings (SSSR count). The number of carbonyl (C=O) groups excluding carboxylic acids is 2. The van der Waals surface area contributed by atoms with E-state index in [9.17, 15) is 14.4 Å². The average Bonchev–Trinajstić information content (AvgIpc) is 2.72. The minimum atomic E-state index is -0.551. The van der Waals surface area contributed by atoms with Crippen LogP contribution in [0.15, 0.2) is 65.5 Å². The highest BCUT2D eigenvalue weighted by molar-refractivity contribution is 5.94. The van der Waals surface area contributed by atoms with Gasteiger partial charge in [0.25, 0.3) is 11.8 Å². The Labute approximate surface area is 162 Å². The van der Waals surface area contributed by atoms with E-state index in [1.54, 1.807) is 42.9 Å². The summed E-state index contributed by atoms with van der Waals surface area (Å²) in [4.78, 5) is 36.3. The van der Waals surface area contributed by atoms with Crippen molar-refractivity contribution in [3.63, 3.8) is 0 Å². The molecule has 0 radical (unpaired) electrons. The van der Waals surface area contributed by atoms with Crippen LogP contribution in [-0.2, 0) is 6.54 Å². The number of aryl methyl sites for hydroxylation is 1. The molecule has 0 aliphatic rings. The Balaban J connectivity index is 1.77. The summed E-state index contributed by atoms with van der Waals surface area (Å²) in [5.41, 5.74) is 2.13. The fourth-order valence-corrected chi connectivity index (χ4v) is 2.72. The Morgan fingerprint density at radius 3 is 2.32 bits per heavy atom. The number of aromatic nitrogens is 2. The second-order valence-corrected chi connectivity index (χ2v) is 6.20. The number of nitrogens with zero attached hydrogens (tertiary/aromatic N) is 2. The minimum Gasteiger partial charge on any atom is -0.355 e. The van der Waals surface area contributed by atoms with Crippen molar-refractivity contribution in [2.75, 3.05) is 7.05 Å². The molecule has 2 N–H and O–H groups in total. The van der Waals surface area contributed by atoms with E-state index in [1.807, 2.05) is 30.3 Å². The minimum absolute atomic E-state index is 0.170. The molecule has 0 spiro atoms. The highest BCUT2D eigenvalue weighted by Gasteiger charge is 2.15. The molecular weight excluding hydrogens is 356 g/mol. The van der Waals surface area contributed by atoms with Crippen LogP contribution in [0.5, 0.6) is 0 Å². The molecule has 0 unspecified atom stereocenters. The van der Waals surface area contributed by atoms with E-state index in [0.717, 1.165) is 11.3 Å². The molecule has 0 fully saturated rings. The zero-order valence-electron chi connectivity index (χ0n) is 15.6. The van der Waals surface area contributed by atoms with E-state index in [2.05, 4.69) is 15.7 Å². The van der Waals surface area contributed by atoms with Crippen LogP contribution in [0.3, 0.4) is 0 Å². The zero-order chi connectivity index (χ0) is 20.1. The molecular formula is C21H20N4O3. The van der Waals surface area contributed by atoms with Crippen LogP contribution >= 0.6 is 0 Å². The summed E-state index contributed by atoms with van der Waals surface area (Å²) in [6.45, 7) is 1.98. The lowest BCUT2D eigenvalue weighted by atomic mass is 10.1. The number of nitrogens with one attached hydrogen (secondary N) is 2. The largest absolute Gasteiger partial charge is 0.355 e. The molecule has 0 saturated carbocycles. The lowest BCUT2D eigenvalue weighted by Crippen LogP contribution is -2.31. The predicted octanol–water partition coefficient (Wildman–Crippen LogP) is 1.83. The van der Waals surface area contributed by atoms with Crippen molar-refractivity contribution in [2.45, 2.75) is 13.5 Å². The van der Waals surface area contributed by atoms with E-state index in [1.165, 1.54) is 6.07 Å². The summed E-state index contributed by atoms with van der Waals surface area (Å²) in [6, 6.07) is 17.5. The van der Waals surface area contributed by atoms with Crippen LogP contribution in [-0.4, -0.2) is 28.6 Å². The van der Waals surface area contributed by atoms with E-state index < -0.39 is 11.3 Å². The first-order valence-electron chi connectivity index (χ1n) is 8.75. The smallest absolute Gasteiger partial charge is 0.276 e. The Morgan fingerprint density at radius 2 is 1.68 bits per heavy atom. The first-order chi connectivity index (χ1) is 13.5. The van der Waals surface area contributed by atoms with Crippen LogP contribution in [0.2, 0.25) is 0 Å². The summed E-state index contributed by atoms with van der Waals surface area (Å²) in [6.07, 6.45) is 0. The van der Waals surface area contributed by atoms with Gasteiger partial charge in [0.1, 0.15) is 0 Å². The predicted molar refractivity (Wildman–Crippen MR) is 106 cm³/mol. The maximum absolute atomic E-state index is 12.5. The number of hydrogen-bond donors (Lipinski definition) is 2. The molecule has 142 valence electrons. The number of hydrogen-bond acceptors (Lipinski definition) is 4. The lowest BCUT2D eigenvalue weighted by Gasteiger charge is -2.11. The SMILES string of the molecule is CNC(=O)c1ccc(CNC(=O)c2nn(-c3ccccc3)c(C)cc2=O)cc1. The van der Waals surface area contributed by atoms with E-state index in [4.69, 9.17) is 0 Å². The van der Waals surface area contributed by atoms with Crippen molar-refractivity contribution in [2.24, 2.45) is 0 Å². The fraction of sp³-hybridized carbons (Fsp3) is 0.143. The van der Waals surface area contributed by atoms with Crippen molar-refractivity contribution in [1.29, 1.82) is 0 Å². The number of rotatable bonds is 5. The van der Waals surface area contributed by atoms with Gasteiger partial charge in [0.15, 0.2) is 5.69 Å². The van der Waals surface area contributed by atoms with Crippen molar-refractivity contribution in [3.05, 3.63) is 93.4 Å². The second kappa shape index (κ2) is 8.30. The third-order valence-electron chi connectivity index (χ3n) is 4.22. The third kappa shape index (κ3) is 4.15. The first kappa shape index (κ1) is 19.0. The number of benzene rings is 2. The average molecular weight is 376 g/mol. The maximum atomic E-state index is 12.5. The number of para-hydroxylation sites is 1. The zero-order valence-corrected chi connectivity index (χ0v) is 15.6. The summed E-state index contributed by atoms with van der Waals surface area (Å²) < 4.78 is 1.56. The molecule has 0 atom stereocenters. The van der Waals surface area contributed by atoms with Crippen molar-refractivity contribution in [3.8, 4) is 5.69 Å². The van der Waals surface area contributed by atoms with Crippen LogP contribution in [0.25, 0.3) is 5.69 Å². The van der Waals surface area contributed by atoms with Crippen molar-refractivity contribution in [1.82, 2.24) is 20.4 Å². The monoisotopic (exact) mass is 376 g/mol. The summed E-state index contributed by atoms with van der Waals surface area (Å²) >= 11 is 0. The van der Waals surface area contributed by atoms with Gasteiger partial charge >= 0.3 is 0 Å². The molecule has 0 bridgehead atoms. The van der Waals surface area contributed by atoms with Gasteiger partial charge in [0, 0.05) is 30.9 Å². The van der Waals surface area contributed by atoms with Crippen molar-refractivity contribution < 1.29 is 9.59 Å². The highest BCUT2D eigenvalue weighted by Crippen LogP contribution is 2.08. The highest BCUT2D eigenvalue weighted by atomic mass is 16.2. The Morgan fingerprint density at radius 1 is 1.00 bits per heavy atom. The van der Waals surface area contributed by atoms with E-state index in [0.29, 0.717) is 11.3 Å². The topological polar surface area (TPSA) is 93.1 Å². The molecule has 7 nitrogen and oxygen atoms in total. The number of carbonyl (C=O) groups is 2. The van der Waals surface area contributed by atoms with Gasteiger partial charge < -0.3 is 10.6 Å². The van der Waals surface area contributed by atoms with Gasteiger partial charge in [-0.05, 0) is 36.8 Å². The molecule has 0 aliphatic carbocycles. The van der Waals surface area contributed by atoms with Gasteiger partial charge in [-0.15, -0.1) is 0 Å². The standard InChI is InChI=1S/C21H20N4O3/c1-14-12-18(26)19(24-25(14)17-6-4-3-5-7-17)21(28)23-13-15-8-10-16(11-9-15)20(27)22-2/h3-12H,13H2,1-2H3,(H,22,27)(H,23,28). The number of amides is 2. The lowest BCUT2D eigenvalue weighted by molar-refractivity contribution is 0.0939. The quantitative estimate of drug-likeness (QED) is 0.710. The maximum Gasteiger partial charge on any atom is 0.276 e. The summed E-state index contributed by atoms with van der Waals surface area (Å²) in [5, 5.41) is 9.49. The molecule has 7 heteroatoms.